The summed E-state index contributed by atoms with van der Waals surface area (Å²) >= 11 is 1.57. The molecule has 0 unspecified atom stereocenters. The van der Waals surface area contributed by atoms with E-state index in [1.807, 2.05) is 36.6 Å². The third-order valence-corrected chi connectivity index (χ3v) is 8.11. The number of ether oxygens (including phenoxy) is 2. The average Bonchev–Trinajstić information content (AvgIpc) is 3.43. The monoisotopic (exact) mass is 532 g/mol. The van der Waals surface area contributed by atoms with Gasteiger partial charge in [-0.05, 0) is 43.5 Å². The number of carbonyl (C=O) groups is 1. The molecule has 2 fully saturated rings. The number of aryl methyl sites for hydroxylation is 1. The first-order chi connectivity index (χ1) is 18.5. The van der Waals surface area contributed by atoms with Crippen LogP contribution in [0.2, 0.25) is 0 Å². The molecule has 9 heteroatoms. The summed E-state index contributed by atoms with van der Waals surface area (Å²) in [5.74, 6) is -0.259. The van der Waals surface area contributed by atoms with Crippen molar-refractivity contribution in [3.63, 3.8) is 0 Å². The minimum Gasteiger partial charge on any atom is -0.488 e. The quantitative estimate of drug-likeness (QED) is 0.446. The van der Waals surface area contributed by atoms with Crippen LogP contribution in [0.25, 0.3) is 11.3 Å². The molecule has 1 aromatic heterocycles. The van der Waals surface area contributed by atoms with E-state index < -0.39 is 5.97 Å². The van der Waals surface area contributed by atoms with Crippen molar-refractivity contribution in [2.75, 3.05) is 44.3 Å². The highest BCUT2D eigenvalue weighted by Crippen LogP contribution is 2.36. The van der Waals surface area contributed by atoms with Crippen LogP contribution in [-0.4, -0.2) is 60.4 Å². The Morgan fingerprint density at radius 3 is 2.71 bits per heavy atom. The number of benzene rings is 2. The van der Waals surface area contributed by atoms with Crippen molar-refractivity contribution in [2.24, 2.45) is 5.92 Å². The molecule has 5 rings (SSSR count). The largest absolute Gasteiger partial charge is 0.488 e. The van der Waals surface area contributed by atoms with E-state index >= 15 is 0 Å². The van der Waals surface area contributed by atoms with E-state index in [0.717, 1.165) is 71.7 Å². The van der Waals surface area contributed by atoms with E-state index in [4.69, 9.17) is 14.5 Å². The fraction of sp³-hybridized carbons (Fsp3) is 0.414. The standard InChI is InChI=1S/C29H32N4O4S/c1-20-2-5-27(25(14-20)26-19-38-29(31-26)33-8-6-22(7-9-33)28(34)35)37-18-23-4-3-21(15-24(23)16-30)17-32-10-12-36-13-11-32/h2-5,14-15,19,22H,6-13,17-18H2,1H3,(H,34,35). The van der Waals surface area contributed by atoms with Crippen LogP contribution >= 0.6 is 11.3 Å². The maximum Gasteiger partial charge on any atom is 0.306 e. The van der Waals surface area contributed by atoms with Crippen LogP contribution in [0.15, 0.2) is 41.8 Å². The highest BCUT2D eigenvalue weighted by atomic mass is 32.1. The number of rotatable bonds is 8. The van der Waals surface area contributed by atoms with Gasteiger partial charge in [0.2, 0.25) is 0 Å². The Balaban J connectivity index is 1.29. The molecule has 2 aliphatic heterocycles. The lowest BCUT2D eigenvalue weighted by molar-refractivity contribution is -0.142. The highest BCUT2D eigenvalue weighted by molar-refractivity contribution is 7.14. The van der Waals surface area contributed by atoms with Gasteiger partial charge in [-0.25, -0.2) is 4.98 Å². The lowest BCUT2D eigenvalue weighted by atomic mass is 9.97. The Morgan fingerprint density at radius 1 is 1.18 bits per heavy atom. The molecular weight excluding hydrogens is 500 g/mol. The number of piperidine rings is 1. The van der Waals surface area contributed by atoms with Crippen molar-refractivity contribution in [2.45, 2.75) is 32.9 Å². The molecule has 0 atom stereocenters. The summed E-state index contributed by atoms with van der Waals surface area (Å²) in [6.45, 7) is 7.83. The Bertz CT molecular complexity index is 1320. The molecule has 3 aromatic rings. The smallest absolute Gasteiger partial charge is 0.306 e. The predicted octanol–water partition coefficient (Wildman–Crippen LogP) is 4.70. The van der Waals surface area contributed by atoms with Gasteiger partial charge < -0.3 is 19.5 Å². The normalized spacial score (nSPS) is 16.8. The molecule has 198 valence electrons. The van der Waals surface area contributed by atoms with Crippen molar-refractivity contribution >= 4 is 22.4 Å². The van der Waals surface area contributed by atoms with Gasteiger partial charge in [-0.2, -0.15) is 5.26 Å². The van der Waals surface area contributed by atoms with Gasteiger partial charge in [0, 0.05) is 49.2 Å². The van der Waals surface area contributed by atoms with Crippen LogP contribution in [0.4, 0.5) is 5.13 Å². The van der Waals surface area contributed by atoms with Crippen LogP contribution in [0, 0.1) is 24.2 Å². The minimum atomic E-state index is -0.711. The predicted molar refractivity (Wildman–Crippen MR) is 146 cm³/mol. The lowest BCUT2D eigenvalue weighted by Crippen LogP contribution is -2.36. The zero-order chi connectivity index (χ0) is 26.5. The van der Waals surface area contributed by atoms with Crippen LogP contribution in [0.1, 0.15) is 35.1 Å². The third-order valence-electron chi connectivity index (χ3n) is 7.21. The van der Waals surface area contributed by atoms with Crippen molar-refractivity contribution < 1.29 is 19.4 Å². The summed E-state index contributed by atoms with van der Waals surface area (Å²) < 4.78 is 11.7. The molecule has 0 aliphatic carbocycles. The topological polar surface area (TPSA) is 98.9 Å². The second-order valence-corrected chi connectivity index (χ2v) is 10.7. The number of anilines is 1. The number of nitrogens with zero attached hydrogens (tertiary/aromatic N) is 4. The number of hydrogen-bond donors (Lipinski definition) is 1. The molecule has 1 N–H and O–H groups in total. The first-order valence-corrected chi connectivity index (χ1v) is 13.9. The number of carboxylic acid groups (broad SMARTS) is 1. The number of hydrogen-bond acceptors (Lipinski definition) is 8. The first-order valence-electron chi connectivity index (χ1n) is 13.0. The minimum absolute atomic E-state index is 0.269. The summed E-state index contributed by atoms with van der Waals surface area (Å²) in [4.78, 5) is 20.7. The van der Waals surface area contributed by atoms with E-state index in [0.29, 0.717) is 31.5 Å². The van der Waals surface area contributed by atoms with Crippen LogP contribution in [0.3, 0.4) is 0 Å². The van der Waals surface area contributed by atoms with Gasteiger partial charge in [-0.1, -0.05) is 23.8 Å². The summed E-state index contributed by atoms with van der Waals surface area (Å²) in [6, 6.07) is 14.4. The van der Waals surface area contributed by atoms with Gasteiger partial charge >= 0.3 is 5.97 Å². The SMILES string of the molecule is Cc1ccc(OCc2ccc(CN3CCOCC3)cc2C#N)c(-c2csc(N3CCC(C(=O)O)CC3)n2)c1. The van der Waals surface area contributed by atoms with Gasteiger partial charge in [0.25, 0.3) is 0 Å². The molecular formula is C29H32N4O4S. The van der Waals surface area contributed by atoms with E-state index in [2.05, 4.69) is 28.0 Å². The Labute approximate surface area is 227 Å². The summed E-state index contributed by atoms with van der Waals surface area (Å²) in [7, 11) is 0. The summed E-state index contributed by atoms with van der Waals surface area (Å²) in [6.07, 6.45) is 1.27. The number of aromatic nitrogens is 1. The van der Waals surface area contributed by atoms with E-state index in [9.17, 15) is 15.2 Å². The number of morpholine rings is 1. The molecule has 8 nitrogen and oxygen atoms in total. The van der Waals surface area contributed by atoms with Crippen LogP contribution < -0.4 is 9.64 Å². The Morgan fingerprint density at radius 2 is 1.97 bits per heavy atom. The Kier molecular flexibility index (Phi) is 8.23. The maximum atomic E-state index is 11.3. The van der Waals surface area contributed by atoms with Crippen molar-refractivity contribution in [1.82, 2.24) is 9.88 Å². The molecule has 0 bridgehead atoms. The molecule has 0 radical (unpaired) electrons. The summed E-state index contributed by atoms with van der Waals surface area (Å²) in [5, 5.41) is 22.0. The number of nitriles is 1. The van der Waals surface area contributed by atoms with Gasteiger partial charge in [0.05, 0.1) is 36.5 Å². The van der Waals surface area contributed by atoms with Gasteiger partial charge in [0.15, 0.2) is 5.13 Å². The van der Waals surface area contributed by atoms with Crippen LogP contribution in [-0.2, 0) is 22.7 Å². The molecule has 0 saturated carbocycles. The van der Waals surface area contributed by atoms with Crippen molar-refractivity contribution in [3.05, 3.63) is 64.0 Å². The summed E-state index contributed by atoms with van der Waals surface area (Å²) in [5.41, 5.74) is 5.45. The second-order valence-electron chi connectivity index (χ2n) is 9.89. The number of carboxylic acids is 1. The fourth-order valence-electron chi connectivity index (χ4n) is 4.95. The molecule has 3 heterocycles. The van der Waals surface area contributed by atoms with E-state index in [1.165, 1.54) is 0 Å². The molecule has 2 saturated heterocycles. The van der Waals surface area contributed by atoms with E-state index in [1.54, 1.807) is 11.3 Å². The van der Waals surface area contributed by atoms with Gasteiger partial charge in [-0.3, -0.25) is 9.69 Å². The van der Waals surface area contributed by atoms with Crippen LogP contribution in [0.5, 0.6) is 5.75 Å². The Hall–Kier alpha value is -3.45. The highest BCUT2D eigenvalue weighted by Gasteiger charge is 2.26. The van der Waals surface area contributed by atoms with Crippen molar-refractivity contribution in [1.29, 1.82) is 5.26 Å². The lowest BCUT2D eigenvalue weighted by Gasteiger charge is -2.29. The molecule has 2 aromatic carbocycles. The number of aliphatic carboxylic acids is 1. The molecule has 38 heavy (non-hydrogen) atoms. The zero-order valence-corrected chi connectivity index (χ0v) is 22.4. The number of thiazole rings is 1. The molecule has 0 amide bonds. The molecule has 0 spiro atoms. The average molecular weight is 533 g/mol. The second kappa shape index (κ2) is 11.9. The fourth-order valence-corrected chi connectivity index (χ4v) is 5.83. The molecule has 2 aliphatic rings. The van der Waals surface area contributed by atoms with E-state index in [-0.39, 0.29) is 12.5 Å². The van der Waals surface area contributed by atoms with Gasteiger partial charge in [-0.15, -0.1) is 11.3 Å². The zero-order valence-electron chi connectivity index (χ0n) is 21.6. The first kappa shape index (κ1) is 26.2. The van der Waals surface area contributed by atoms with Crippen molar-refractivity contribution in [3.8, 4) is 23.1 Å². The third kappa shape index (κ3) is 6.16. The van der Waals surface area contributed by atoms with Gasteiger partial charge in [0.1, 0.15) is 12.4 Å². The maximum absolute atomic E-state index is 11.3.